The van der Waals surface area contributed by atoms with Crippen LogP contribution in [0.3, 0.4) is 0 Å². The number of fused-ring (bicyclic) bond motifs is 1. The van der Waals surface area contributed by atoms with Gasteiger partial charge in [0, 0.05) is 23.6 Å². The minimum absolute atomic E-state index is 0.721. The average Bonchev–Trinajstić information content (AvgIpc) is 2.88. The van der Waals surface area contributed by atoms with Crippen LogP contribution in [-0.4, -0.2) is 11.1 Å². The monoisotopic (exact) mass is 272 g/mol. The quantitative estimate of drug-likeness (QED) is 0.760. The lowest BCUT2D eigenvalue weighted by Crippen LogP contribution is -2.09. The molecular formula is C18H28N2. The molecule has 0 spiro atoms. The smallest absolute Gasteiger partial charge is 0.0483 e. The predicted molar refractivity (Wildman–Crippen MR) is 88.0 cm³/mol. The molecule has 2 nitrogen and oxygen atoms in total. The molecule has 0 radical (unpaired) electrons. The van der Waals surface area contributed by atoms with Gasteiger partial charge in [-0.3, -0.25) is 0 Å². The van der Waals surface area contributed by atoms with Crippen LogP contribution in [0.4, 0.5) is 0 Å². The van der Waals surface area contributed by atoms with Gasteiger partial charge >= 0.3 is 0 Å². The molecule has 2 N–H and O–H groups in total. The van der Waals surface area contributed by atoms with Gasteiger partial charge in [0.25, 0.3) is 0 Å². The van der Waals surface area contributed by atoms with Crippen LogP contribution in [0, 0.1) is 5.92 Å². The van der Waals surface area contributed by atoms with E-state index in [0.717, 1.165) is 25.4 Å². The fraction of sp³-hybridized carbons (Fsp3) is 0.556. The Balaban J connectivity index is 2.20. The topological polar surface area (TPSA) is 30.9 Å². The first-order chi connectivity index (χ1) is 9.80. The molecule has 1 atom stereocenters. The lowest BCUT2D eigenvalue weighted by atomic mass is 9.99. The van der Waals surface area contributed by atoms with Gasteiger partial charge in [-0.05, 0) is 43.0 Å². The van der Waals surface area contributed by atoms with E-state index in [9.17, 15) is 0 Å². The Morgan fingerprint density at radius 2 is 2.05 bits per heavy atom. The molecule has 0 amide bonds. The molecule has 1 unspecified atom stereocenters. The van der Waals surface area contributed by atoms with E-state index in [0.29, 0.717) is 0 Å². The first kappa shape index (κ1) is 15.1. The van der Waals surface area contributed by atoms with Crippen LogP contribution in [0.5, 0.6) is 0 Å². The van der Waals surface area contributed by atoms with E-state index in [4.69, 9.17) is 5.73 Å². The maximum absolute atomic E-state index is 5.71. The fourth-order valence-corrected chi connectivity index (χ4v) is 3.02. The maximum atomic E-state index is 5.71. The normalized spacial score (nSPS) is 12.9. The minimum Gasteiger partial charge on any atom is -0.347 e. The molecule has 20 heavy (non-hydrogen) atoms. The summed E-state index contributed by atoms with van der Waals surface area (Å²) in [6, 6.07) is 8.86. The van der Waals surface area contributed by atoms with Crippen LogP contribution in [-0.2, 0) is 13.0 Å². The number of benzene rings is 1. The van der Waals surface area contributed by atoms with Crippen LogP contribution in [0.25, 0.3) is 10.9 Å². The van der Waals surface area contributed by atoms with Gasteiger partial charge in [-0.2, -0.15) is 0 Å². The van der Waals surface area contributed by atoms with Gasteiger partial charge in [-0.1, -0.05) is 45.2 Å². The zero-order valence-corrected chi connectivity index (χ0v) is 12.9. The van der Waals surface area contributed by atoms with Crippen molar-refractivity contribution in [3.63, 3.8) is 0 Å². The van der Waals surface area contributed by atoms with E-state index in [1.807, 2.05) is 0 Å². The van der Waals surface area contributed by atoms with Crippen LogP contribution in [0.1, 0.15) is 45.1 Å². The first-order valence-electron chi connectivity index (χ1n) is 8.06. The Hall–Kier alpha value is -1.28. The van der Waals surface area contributed by atoms with Gasteiger partial charge in [-0.15, -0.1) is 0 Å². The van der Waals surface area contributed by atoms with Crippen molar-refractivity contribution in [1.82, 2.24) is 4.57 Å². The van der Waals surface area contributed by atoms with Crippen molar-refractivity contribution in [3.05, 3.63) is 36.0 Å². The molecule has 2 aromatic rings. The third-order valence-corrected chi connectivity index (χ3v) is 4.32. The van der Waals surface area contributed by atoms with E-state index in [2.05, 4.69) is 48.9 Å². The standard InChI is InChI=1S/C18H28N2/c1-3-5-7-15(4-2)14-20-13-11-17-16(10-12-19)8-6-9-18(17)20/h6,8-9,11,13,15H,3-5,7,10,12,14,19H2,1-2H3. The first-order valence-corrected chi connectivity index (χ1v) is 8.06. The lowest BCUT2D eigenvalue weighted by molar-refractivity contribution is 0.396. The highest BCUT2D eigenvalue weighted by Gasteiger charge is 2.10. The van der Waals surface area contributed by atoms with Crippen molar-refractivity contribution < 1.29 is 0 Å². The molecule has 1 aromatic carbocycles. The van der Waals surface area contributed by atoms with E-state index in [1.54, 1.807) is 0 Å². The zero-order valence-electron chi connectivity index (χ0n) is 12.9. The summed E-state index contributed by atoms with van der Waals surface area (Å²) in [5.41, 5.74) is 8.46. The molecule has 0 saturated heterocycles. The highest BCUT2D eigenvalue weighted by Crippen LogP contribution is 2.23. The summed E-state index contributed by atoms with van der Waals surface area (Å²) in [4.78, 5) is 0. The maximum Gasteiger partial charge on any atom is 0.0483 e. The summed E-state index contributed by atoms with van der Waals surface area (Å²) in [6.07, 6.45) is 8.46. The summed E-state index contributed by atoms with van der Waals surface area (Å²) < 4.78 is 2.43. The van der Waals surface area contributed by atoms with Crippen molar-refractivity contribution in [1.29, 1.82) is 0 Å². The van der Waals surface area contributed by atoms with Crippen LogP contribution >= 0.6 is 0 Å². The molecule has 1 heterocycles. The molecule has 110 valence electrons. The van der Waals surface area contributed by atoms with Gasteiger partial charge < -0.3 is 10.3 Å². The minimum atomic E-state index is 0.721. The molecule has 0 saturated carbocycles. The summed E-state index contributed by atoms with van der Waals surface area (Å²) >= 11 is 0. The van der Waals surface area contributed by atoms with Crippen molar-refractivity contribution in [2.45, 2.75) is 52.5 Å². The van der Waals surface area contributed by atoms with Crippen molar-refractivity contribution in [2.75, 3.05) is 6.54 Å². The Labute approximate surface area is 123 Å². The Morgan fingerprint density at radius 1 is 1.20 bits per heavy atom. The Bertz CT molecular complexity index is 527. The second-order valence-electron chi connectivity index (χ2n) is 5.77. The average molecular weight is 272 g/mol. The molecule has 0 bridgehead atoms. The predicted octanol–water partition coefficient (Wildman–Crippen LogP) is 4.36. The zero-order chi connectivity index (χ0) is 14.4. The molecule has 0 aliphatic carbocycles. The van der Waals surface area contributed by atoms with E-state index in [-0.39, 0.29) is 0 Å². The Kier molecular flexibility index (Phi) is 5.66. The second-order valence-corrected chi connectivity index (χ2v) is 5.77. The third-order valence-electron chi connectivity index (χ3n) is 4.32. The summed E-state index contributed by atoms with van der Waals surface area (Å²) in [5, 5.41) is 1.38. The summed E-state index contributed by atoms with van der Waals surface area (Å²) in [6.45, 7) is 6.45. The van der Waals surface area contributed by atoms with Crippen LogP contribution in [0.2, 0.25) is 0 Å². The molecule has 2 rings (SSSR count). The van der Waals surface area contributed by atoms with Gasteiger partial charge in [0.1, 0.15) is 0 Å². The molecule has 1 aromatic heterocycles. The molecule has 0 aliphatic heterocycles. The van der Waals surface area contributed by atoms with Gasteiger partial charge in [0.05, 0.1) is 0 Å². The molecule has 0 aliphatic rings. The molecular weight excluding hydrogens is 244 g/mol. The van der Waals surface area contributed by atoms with Gasteiger partial charge in [-0.25, -0.2) is 0 Å². The Morgan fingerprint density at radius 3 is 2.75 bits per heavy atom. The van der Waals surface area contributed by atoms with Crippen LogP contribution < -0.4 is 5.73 Å². The van der Waals surface area contributed by atoms with Crippen molar-refractivity contribution in [3.8, 4) is 0 Å². The number of rotatable bonds is 8. The van der Waals surface area contributed by atoms with E-state index >= 15 is 0 Å². The number of hydrogen-bond acceptors (Lipinski definition) is 1. The highest BCUT2D eigenvalue weighted by molar-refractivity contribution is 5.83. The summed E-state index contributed by atoms with van der Waals surface area (Å²) in [7, 11) is 0. The number of nitrogens with zero attached hydrogens (tertiary/aromatic N) is 1. The van der Waals surface area contributed by atoms with Crippen LogP contribution in [0.15, 0.2) is 30.5 Å². The van der Waals surface area contributed by atoms with E-state index in [1.165, 1.54) is 42.1 Å². The second kappa shape index (κ2) is 7.49. The third kappa shape index (κ3) is 3.43. The molecule has 0 fully saturated rings. The van der Waals surface area contributed by atoms with Crippen molar-refractivity contribution in [2.24, 2.45) is 11.7 Å². The number of nitrogens with two attached hydrogens (primary N) is 1. The highest BCUT2D eigenvalue weighted by atomic mass is 15.0. The number of hydrogen-bond donors (Lipinski definition) is 1. The number of aromatic nitrogens is 1. The van der Waals surface area contributed by atoms with Crippen molar-refractivity contribution >= 4 is 10.9 Å². The summed E-state index contributed by atoms with van der Waals surface area (Å²) in [5.74, 6) is 0.795. The number of unbranched alkanes of at least 4 members (excludes halogenated alkanes) is 1. The largest absolute Gasteiger partial charge is 0.347 e. The molecule has 2 heteroatoms. The lowest BCUT2D eigenvalue weighted by Gasteiger charge is -2.16. The van der Waals surface area contributed by atoms with E-state index < -0.39 is 0 Å². The van der Waals surface area contributed by atoms with Gasteiger partial charge in [0.15, 0.2) is 0 Å². The SMILES string of the molecule is CCCCC(CC)Cn1ccc2c(CCN)cccc21. The van der Waals surface area contributed by atoms with Gasteiger partial charge in [0.2, 0.25) is 0 Å². The fourth-order valence-electron chi connectivity index (χ4n) is 3.02.